The Morgan fingerprint density at radius 1 is 0.783 bits per heavy atom. The molecule has 0 fully saturated rings. The van der Waals surface area contributed by atoms with Crippen molar-refractivity contribution in [3.8, 4) is 11.3 Å². The molecule has 0 N–H and O–H groups in total. The van der Waals surface area contributed by atoms with Crippen LogP contribution in [0.3, 0.4) is 0 Å². The molecule has 4 aromatic rings. The van der Waals surface area contributed by atoms with Crippen molar-refractivity contribution < 1.29 is 4.42 Å². The van der Waals surface area contributed by atoms with Gasteiger partial charge in [0.2, 0.25) is 0 Å². The van der Waals surface area contributed by atoms with Crippen molar-refractivity contribution in [1.29, 1.82) is 0 Å². The summed E-state index contributed by atoms with van der Waals surface area (Å²) in [6, 6.07) is 27.4. The normalized spacial score (nSPS) is 11.0. The SMILES string of the molecule is Cc1ccc2c(Cc3ccccc3)c(-c3ccccc3)oc2c1. The molecule has 1 heterocycles. The molecule has 1 heteroatoms. The van der Waals surface area contributed by atoms with Crippen LogP contribution in [0.15, 0.2) is 83.3 Å². The van der Waals surface area contributed by atoms with E-state index in [4.69, 9.17) is 4.42 Å². The van der Waals surface area contributed by atoms with Crippen LogP contribution in [0.1, 0.15) is 16.7 Å². The van der Waals surface area contributed by atoms with Crippen LogP contribution in [0.4, 0.5) is 0 Å². The zero-order valence-electron chi connectivity index (χ0n) is 13.1. The van der Waals surface area contributed by atoms with Gasteiger partial charge in [0.15, 0.2) is 0 Å². The van der Waals surface area contributed by atoms with Crippen molar-refractivity contribution >= 4 is 11.0 Å². The number of benzene rings is 3. The monoisotopic (exact) mass is 298 g/mol. The molecule has 1 aromatic heterocycles. The third-order valence-electron chi connectivity index (χ3n) is 4.21. The van der Waals surface area contributed by atoms with Crippen LogP contribution >= 0.6 is 0 Å². The lowest BCUT2D eigenvalue weighted by molar-refractivity contribution is 0.627. The predicted octanol–water partition coefficient (Wildman–Crippen LogP) is 6.00. The van der Waals surface area contributed by atoms with E-state index in [1.807, 2.05) is 6.07 Å². The van der Waals surface area contributed by atoms with Crippen LogP contribution in [0.25, 0.3) is 22.3 Å². The van der Waals surface area contributed by atoms with Crippen molar-refractivity contribution in [2.24, 2.45) is 0 Å². The smallest absolute Gasteiger partial charge is 0.138 e. The molecule has 1 nitrogen and oxygen atoms in total. The summed E-state index contributed by atoms with van der Waals surface area (Å²) in [5.41, 5.74) is 5.88. The van der Waals surface area contributed by atoms with E-state index in [1.54, 1.807) is 0 Å². The van der Waals surface area contributed by atoms with Crippen molar-refractivity contribution in [2.45, 2.75) is 13.3 Å². The van der Waals surface area contributed by atoms with Gasteiger partial charge in [0, 0.05) is 22.9 Å². The number of fused-ring (bicyclic) bond motifs is 1. The summed E-state index contributed by atoms with van der Waals surface area (Å²) in [5.74, 6) is 0.982. The molecule has 23 heavy (non-hydrogen) atoms. The predicted molar refractivity (Wildman–Crippen MR) is 95.6 cm³/mol. The molecule has 0 unspecified atom stereocenters. The highest BCUT2D eigenvalue weighted by atomic mass is 16.3. The first-order chi connectivity index (χ1) is 11.3. The van der Waals surface area contributed by atoms with E-state index in [9.17, 15) is 0 Å². The standard InChI is InChI=1S/C22H18O/c1-16-12-13-19-20(15-17-8-4-2-5-9-17)22(23-21(19)14-16)18-10-6-3-7-11-18/h2-14H,15H2,1H3. The van der Waals surface area contributed by atoms with Gasteiger partial charge in [-0.3, -0.25) is 0 Å². The van der Waals surface area contributed by atoms with Crippen LogP contribution in [0.2, 0.25) is 0 Å². The Bertz CT molecular complexity index is 934. The second-order valence-corrected chi connectivity index (χ2v) is 5.94. The Morgan fingerprint density at radius 3 is 2.22 bits per heavy atom. The Morgan fingerprint density at radius 2 is 1.48 bits per heavy atom. The van der Waals surface area contributed by atoms with Gasteiger partial charge in [-0.15, -0.1) is 0 Å². The first kappa shape index (κ1) is 13.8. The molecule has 0 aliphatic heterocycles. The minimum atomic E-state index is 0.876. The van der Waals surface area contributed by atoms with E-state index in [0.717, 1.165) is 23.3 Å². The van der Waals surface area contributed by atoms with Gasteiger partial charge in [0.1, 0.15) is 11.3 Å². The second kappa shape index (κ2) is 5.77. The first-order valence-electron chi connectivity index (χ1n) is 7.92. The summed E-state index contributed by atoms with van der Waals surface area (Å²) in [5, 5.41) is 1.21. The largest absolute Gasteiger partial charge is 0.456 e. The minimum Gasteiger partial charge on any atom is -0.456 e. The molecule has 0 atom stereocenters. The third kappa shape index (κ3) is 2.66. The van der Waals surface area contributed by atoms with Gasteiger partial charge in [-0.05, 0) is 24.1 Å². The number of furan rings is 1. The number of hydrogen-bond acceptors (Lipinski definition) is 1. The molecule has 3 aromatic carbocycles. The molecule has 0 aliphatic carbocycles. The van der Waals surface area contributed by atoms with Crippen molar-refractivity contribution in [2.75, 3.05) is 0 Å². The summed E-state index contributed by atoms with van der Waals surface area (Å²) >= 11 is 0. The molecular formula is C22H18O. The zero-order valence-corrected chi connectivity index (χ0v) is 13.1. The van der Waals surface area contributed by atoms with Gasteiger partial charge in [-0.1, -0.05) is 72.8 Å². The maximum absolute atomic E-state index is 6.24. The molecule has 0 amide bonds. The molecule has 4 rings (SSSR count). The highest BCUT2D eigenvalue weighted by Crippen LogP contribution is 2.35. The lowest BCUT2D eigenvalue weighted by Gasteiger charge is -2.04. The van der Waals surface area contributed by atoms with Gasteiger partial charge < -0.3 is 4.42 Å². The molecule has 0 aliphatic rings. The van der Waals surface area contributed by atoms with Crippen LogP contribution in [-0.2, 0) is 6.42 Å². The van der Waals surface area contributed by atoms with E-state index in [1.165, 1.54) is 22.1 Å². The van der Waals surface area contributed by atoms with Crippen molar-refractivity contribution in [3.05, 3.63) is 95.6 Å². The van der Waals surface area contributed by atoms with E-state index >= 15 is 0 Å². The van der Waals surface area contributed by atoms with Crippen molar-refractivity contribution in [1.82, 2.24) is 0 Å². The third-order valence-corrected chi connectivity index (χ3v) is 4.21. The van der Waals surface area contributed by atoms with Crippen molar-refractivity contribution in [3.63, 3.8) is 0 Å². The van der Waals surface area contributed by atoms with Gasteiger partial charge in [0.05, 0.1) is 0 Å². The zero-order chi connectivity index (χ0) is 15.6. The second-order valence-electron chi connectivity index (χ2n) is 5.94. The quantitative estimate of drug-likeness (QED) is 0.452. The maximum Gasteiger partial charge on any atom is 0.138 e. The molecule has 0 saturated heterocycles. The fraction of sp³-hybridized carbons (Fsp3) is 0.0909. The lowest BCUT2D eigenvalue weighted by atomic mass is 9.98. The highest BCUT2D eigenvalue weighted by Gasteiger charge is 2.16. The maximum atomic E-state index is 6.24. The van der Waals surface area contributed by atoms with E-state index in [2.05, 4.69) is 79.7 Å². The molecule has 0 spiro atoms. The Kier molecular flexibility index (Phi) is 3.47. The summed E-state index contributed by atoms with van der Waals surface area (Å²) in [6.07, 6.45) is 0.876. The molecule has 0 radical (unpaired) electrons. The summed E-state index contributed by atoms with van der Waals surface area (Å²) < 4.78 is 6.24. The molecule has 0 saturated carbocycles. The van der Waals surface area contributed by atoms with E-state index < -0.39 is 0 Å². The molecule has 0 bridgehead atoms. The van der Waals surface area contributed by atoms with Gasteiger partial charge >= 0.3 is 0 Å². The van der Waals surface area contributed by atoms with Gasteiger partial charge in [-0.25, -0.2) is 0 Å². The summed E-state index contributed by atoms with van der Waals surface area (Å²) in [6.45, 7) is 2.10. The number of hydrogen-bond donors (Lipinski definition) is 0. The molecule has 112 valence electrons. The van der Waals surface area contributed by atoms with Crippen LogP contribution in [-0.4, -0.2) is 0 Å². The lowest BCUT2D eigenvalue weighted by Crippen LogP contribution is -1.89. The molecular weight excluding hydrogens is 280 g/mol. The van der Waals surface area contributed by atoms with E-state index in [0.29, 0.717) is 0 Å². The summed E-state index contributed by atoms with van der Waals surface area (Å²) in [4.78, 5) is 0. The Balaban J connectivity index is 1.92. The van der Waals surface area contributed by atoms with Gasteiger partial charge in [0.25, 0.3) is 0 Å². The highest BCUT2D eigenvalue weighted by molar-refractivity contribution is 5.88. The number of rotatable bonds is 3. The van der Waals surface area contributed by atoms with Gasteiger partial charge in [-0.2, -0.15) is 0 Å². The minimum absolute atomic E-state index is 0.876. The Labute approximate surface area is 136 Å². The average Bonchev–Trinajstić information content (AvgIpc) is 2.94. The van der Waals surface area contributed by atoms with E-state index in [-0.39, 0.29) is 0 Å². The Hall–Kier alpha value is -2.80. The van der Waals surface area contributed by atoms with Crippen LogP contribution in [0.5, 0.6) is 0 Å². The number of aryl methyl sites for hydroxylation is 1. The topological polar surface area (TPSA) is 13.1 Å². The average molecular weight is 298 g/mol. The first-order valence-corrected chi connectivity index (χ1v) is 7.92. The van der Waals surface area contributed by atoms with Crippen LogP contribution < -0.4 is 0 Å². The fourth-order valence-corrected chi connectivity index (χ4v) is 3.06. The fourth-order valence-electron chi connectivity index (χ4n) is 3.06. The summed E-state index contributed by atoms with van der Waals surface area (Å²) in [7, 11) is 0. The van der Waals surface area contributed by atoms with Crippen LogP contribution in [0, 0.1) is 6.92 Å².